The normalized spacial score (nSPS) is 10.9. The molecule has 0 spiro atoms. The van der Waals surface area contributed by atoms with Crippen LogP contribution in [0.5, 0.6) is 0 Å². The Morgan fingerprint density at radius 2 is 2.33 bits per heavy atom. The van der Waals surface area contributed by atoms with Crippen molar-refractivity contribution in [2.45, 2.75) is 6.92 Å². The lowest BCUT2D eigenvalue weighted by atomic mass is 10.3. The molecule has 5 nitrogen and oxygen atoms in total. The van der Waals surface area contributed by atoms with Gasteiger partial charge in [0.05, 0.1) is 12.3 Å². The maximum atomic E-state index is 12.2. The molecule has 1 amide bonds. The van der Waals surface area contributed by atoms with Crippen LogP contribution in [-0.4, -0.2) is 45.5 Å². The molecule has 96 valence electrons. The van der Waals surface area contributed by atoms with Gasteiger partial charge in [0.25, 0.3) is 5.91 Å². The number of hydrogen-bond donors (Lipinski definition) is 1. The van der Waals surface area contributed by atoms with Crippen molar-refractivity contribution in [1.29, 1.82) is 0 Å². The van der Waals surface area contributed by atoms with E-state index in [-0.39, 0.29) is 12.5 Å². The molecule has 0 bridgehead atoms. The standard InChI is InChI=1S/C12H14ClN3O2/c1-8-11(12(18)15(2)5-6-17)16-4-3-9(13)7-10(16)14-8/h3-4,7,17H,5-6H2,1-2H3. The van der Waals surface area contributed by atoms with Crippen molar-refractivity contribution in [2.75, 3.05) is 20.2 Å². The SMILES string of the molecule is Cc1nc2cc(Cl)ccn2c1C(=O)N(C)CCO. The molecule has 0 atom stereocenters. The summed E-state index contributed by atoms with van der Waals surface area (Å²) in [5, 5.41) is 9.45. The zero-order chi connectivity index (χ0) is 13.3. The molecule has 0 aliphatic heterocycles. The van der Waals surface area contributed by atoms with Gasteiger partial charge >= 0.3 is 0 Å². The highest BCUT2D eigenvalue weighted by atomic mass is 35.5. The third-order valence-corrected chi connectivity index (χ3v) is 2.98. The average molecular weight is 268 g/mol. The number of aliphatic hydroxyl groups is 1. The van der Waals surface area contributed by atoms with Gasteiger partial charge < -0.3 is 10.0 Å². The van der Waals surface area contributed by atoms with Crippen LogP contribution >= 0.6 is 11.6 Å². The second-order valence-corrected chi connectivity index (χ2v) is 4.51. The lowest BCUT2D eigenvalue weighted by Crippen LogP contribution is -2.30. The van der Waals surface area contributed by atoms with Gasteiger partial charge in [-0.3, -0.25) is 9.20 Å². The third kappa shape index (κ3) is 2.19. The second-order valence-electron chi connectivity index (χ2n) is 4.07. The molecule has 0 saturated carbocycles. The Kier molecular flexibility index (Phi) is 3.54. The van der Waals surface area contributed by atoms with Crippen LogP contribution in [0.1, 0.15) is 16.2 Å². The van der Waals surface area contributed by atoms with Crippen molar-refractivity contribution in [3.63, 3.8) is 0 Å². The summed E-state index contributed by atoms with van der Waals surface area (Å²) in [6, 6.07) is 3.41. The van der Waals surface area contributed by atoms with E-state index < -0.39 is 0 Å². The maximum Gasteiger partial charge on any atom is 0.272 e. The molecule has 0 unspecified atom stereocenters. The molecule has 1 N–H and O–H groups in total. The first-order chi connectivity index (χ1) is 8.54. The minimum atomic E-state index is -0.170. The van der Waals surface area contributed by atoms with Gasteiger partial charge in [-0.25, -0.2) is 4.98 Å². The number of amides is 1. The number of likely N-dealkylation sites (N-methyl/N-ethyl adjacent to an activating group) is 1. The van der Waals surface area contributed by atoms with Gasteiger partial charge in [0.1, 0.15) is 11.3 Å². The highest BCUT2D eigenvalue weighted by Gasteiger charge is 2.19. The monoisotopic (exact) mass is 267 g/mol. The molecule has 0 saturated heterocycles. The molecule has 18 heavy (non-hydrogen) atoms. The number of hydrogen-bond acceptors (Lipinski definition) is 3. The van der Waals surface area contributed by atoms with E-state index in [0.29, 0.717) is 28.6 Å². The molecule has 2 rings (SSSR count). The van der Waals surface area contributed by atoms with Crippen LogP contribution in [0, 0.1) is 6.92 Å². The van der Waals surface area contributed by atoms with Crippen LogP contribution in [0.15, 0.2) is 18.3 Å². The number of nitrogens with zero attached hydrogens (tertiary/aromatic N) is 3. The number of imidazole rings is 1. The number of carbonyl (C=O) groups excluding carboxylic acids is 1. The Morgan fingerprint density at radius 3 is 3.00 bits per heavy atom. The van der Waals surface area contributed by atoms with Gasteiger partial charge in [-0.15, -0.1) is 0 Å². The van der Waals surface area contributed by atoms with Crippen LogP contribution in [-0.2, 0) is 0 Å². The van der Waals surface area contributed by atoms with Gasteiger partial charge in [0.2, 0.25) is 0 Å². The summed E-state index contributed by atoms with van der Waals surface area (Å²) in [4.78, 5) is 18.0. The molecule has 2 heterocycles. The number of aliphatic hydroxyl groups excluding tert-OH is 1. The molecular weight excluding hydrogens is 254 g/mol. The highest BCUT2D eigenvalue weighted by Crippen LogP contribution is 2.17. The smallest absolute Gasteiger partial charge is 0.272 e. The summed E-state index contributed by atoms with van der Waals surface area (Å²) in [6.07, 6.45) is 1.72. The molecule has 0 aliphatic carbocycles. The van der Waals surface area contributed by atoms with E-state index in [9.17, 15) is 4.79 Å². The van der Waals surface area contributed by atoms with Crippen molar-refractivity contribution in [2.24, 2.45) is 0 Å². The van der Waals surface area contributed by atoms with Crippen molar-refractivity contribution < 1.29 is 9.90 Å². The summed E-state index contributed by atoms with van der Waals surface area (Å²) in [5.41, 5.74) is 1.78. The van der Waals surface area contributed by atoms with Crippen LogP contribution in [0.4, 0.5) is 0 Å². The van der Waals surface area contributed by atoms with Crippen molar-refractivity contribution in [3.05, 3.63) is 34.7 Å². The van der Waals surface area contributed by atoms with Crippen LogP contribution in [0.25, 0.3) is 5.65 Å². The topological polar surface area (TPSA) is 57.8 Å². The van der Waals surface area contributed by atoms with E-state index in [1.807, 2.05) is 0 Å². The fourth-order valence-electron chi connectivity index (χ4n) is 1.83. The predicted octanol–water partition coefficient (Wildman–Crippen LogP) is 1.36. The zero-order valence-electron chi connectivity index (χ0n) is 10.2. The van der Waals surface area contributed by atoms with E-state index in [4.69, 9.17) is 16.7 Å². The molecule has 6 heteroatoms. The van der Waals surface area contributed by atoms with Crippen LogP contribution in [0.3, 0.4) is 0 Å². The van der Waals surface area contributed by atoms with Gasteiger partial charge in [-0.2, -0.15) is 0 Å². The number of fused-ring (bicyclic) bond motifs is 1. The van der Waals surface area contributed by atoms with Crippen molar-refractivity contribution in [1.82, 2.24) is 14.3 Å². The summed E-state index contributed by atoms with van der Waals surface area (Å²) in [6.45, 7) is 2.00. The Bertz CT molecular complexity index is 594. The minimum Gasteiger partial charge on any atom is -0.395 e. The molecule has 0 aliphatic rings. The molecule has 2 aromatic heterocycles. The van der Waals surface area contributed by atoms with Crippen molar-refractivity contribution >= 4 is 23.2 Å². The number of aryl methyl sites for hydroxylation is 1. The fourth-order valence-corrected chi connectivity index (χ4v) is 1.98. The predicted molar refractivity (Wildman–Crippen MR) is 69.0 cm³/mol. The zero-order valence-corrected chi connectivity index (χ0v) is 11.0. The first-order valence-corrected chi connectivity index (χ1v) is 5.93. The number of pyridine rings is 1. The molecule has 0 aromatic carbocycles. The first-order valence-electron chi connectivity index (χ1n) is 5.55. The number of carbonyl (C=O) groups is 1. The molecule has 2 aromatic rings. The quantitative estimate of drug-likeness (QED) is 0.914. The fraction of sp³-hybridized carbons (Fsp3) is 0.333. The van der Waals surface area contributed by atoms with E-state index in [1.54, 1.807) is 36.7 Å². The van der Waals surface area contributed by atoms with Gasteiger partial charge in [0.15, 0.2) is 0 Å². The van der Waals surface area contributed by atoms with Gasteiger partial charge in [-0.1, -0.05) is 11.6 Å². The third-order valence-electron chi connectivity index (χ3n) is 2.75. The summed E-state index contributed by atoms with van der Waals surface area (Å²) in [5.74, 6) is -0.170. The van der Waals surface area contributed by atoms with E-state index >= 15 is 0 Å². The molecule has 0 fully saturated rings. The van der Waals surface area contributed by atoms with Gasteiger partial charge in [0, 0.05) is 30.9 Å². The Hall–Kier alpha value is -1.59. The average Bonchev–Trinajstić information content (AvgIpc) is 2.63. The summed E-state index contributed by atoms with van der Waals surface area (Å²) >= 11 is 5.89. The number of aromatic nitrogens is 2. The Balaban J connectivity index is 2.50. The summed E-state index contributed by atoms with van der Waals surface area (Å²) < 4.78 is 1.71. The Morgan fingerprint density at radius 1 is 1.61 bits per heavy atom. The lowest BCUT2D eigenvalue weighted by Gasteiger charge is -2.15. The molecular formula is C12H14ClN3O2. The maximum absolute atomic E-state index is 12.2. The lowest BCUT2D eigenvalue weighted by molar-refractivity contribution is 0.0759. The van der Waals surface area contributed by atoms with E-state index in [1.165, 1.54) is 4.90 Å². The highest BCUT2D eigenvalue weighted by molar-refractivity contribution is 6.30. The second kappa shape index (κ2) is 4.96. The Labute approximate surface area is 110 Å². The summed E-state index contributed by atoms with van der Waals surface area (Å²) in [7, 11) is 1.65. The van der Waals surface area contributed by atoms with Gasteiger partial charge in [-0.05, 0) is 13.0 Å². The van der Waals surface area contributed by atoms with E-state index in [2.05, 4.69) is 4.98 Å². The largest absolute Gasteiger partial charge is 0.395 e. The first kappa shape index (κ1) is 12.9. The van der Waals surface area contributed by atoms with Crippen LogP contribution < -0.4 is 0 Å². The van der Waals surface area contributed by atoms with Crippen LogP contribution in [0.2, 0.25) is 5.02 Å². The minimum absolute atomic E-state index is 0.0656. The number of rotatable bonds is 3. The number of halogens is 1. The molecule has 0 radical (unpaired) electrons. The van der Waals surface area contributed by atoms with Crippen molar-refractivity contribution in [3.8, 4) is 0 Å². The van der Waals surface area contributed by atoms with E-state index in [0.717, 1.165) is 0 Å².